The number of nitrogens with one attached hydrogen (secondary N) is 1. The molecule has 12 heavy (non-hydrogen) atoms. The highest BCUT2D eigenvalue weighted by Crippen LogP contribution is 2.09. The zero-order valence-corrected chi connectivity index (χ0v) is 7.40. The van der Waals surface area contributed by atoms with Gasteiger partial charge in [0.2, 0.25) is 0 Å². The molecule has 2 nitrogen and oxygen atoms in total. The van der Waals surface area contributed by atoms with Gasteiger partial charge in [0.15, 0.2) is 5.11 Å². The van der Waals surface area contributed by atoms with Crippen molar-refractivity contribution in [1.29, 1.82) is 0 Å². The van der Waals surface area contributed by atoms with Crippen molar-refractivity contribution in [3.05, 3.63) is 36.4 Å². The number of nitrogens with two attached hydrogens (primary N) is 1. The summed E-state index contributed by atoms with van der Waals surface area (Å²) in [5.74, 6) is 0. The molecule has 0 saturated carbocycles. The van der Waals surface area contributed by atoms with Crippen LogP contribution < -0.4 is 11.1 Å². The number of thiocarbonyl (C=S) groups is 1. The molecular formula is C9H10N2S. The number of anilines is 1. The van der Waals surface area contributed by atoms with Gasteiger partial charge in [-0.3, -0.25) is 0 Å². The fourth-order valence-corrected chi connectivity index (χ4v) is 0.963. The molecular weight excluding hydrogens is 168 g/mol. The Hall–Kier alpha value is -1.35. The lowest BCUT2D eigenvalue weighted by molar-refractivity contribution is 1.59. The fraction of sp³-hybridized carbons (Fsp3) is 0. The first-order valence-electron chi connectivity index (χ1n) is 3.51. The average Bonchev–Trinajstić information content (AvgIpc) is 2.05. The maximum atomic E-state index is 5.30. The first-order chi connectivity index (χ1) is 5.72. The molecule has 1 aromatic rings. The molecule has 0 aromatic heterocycles. The maximum absolute atomic E-state index is 5.30. The molecule has 0 radical (unpaired) electrons. The van der Waals surface area contributed by atoms with E-state index >= 15 is 0 Å². The topological polar surface area (TPSA) is 38.0 Å². The van der Waals surface area contributed by atoms with Gasteiger partial charge in [0, 0.05) is 5.69 Å². The molecule has 0 unspecified atom stereocenters. The van der Waals surface area contributed by atoms with Crippen LogP contribution in [0.1, 0.15) is 5.56 Å². The van der Waals surface area contributed by atoms with E-state index in [0.29, 0.717) is 0 Å². The van der Waals surface area contributed by atoms with Gasteiger partial charge < -0.3 is 11.1 Å². The molecule has 3 heteroatoms. The van der Waals surface area contributed by atoms with Crippen molar-refractivity contribution in [2.24, 2.45) is 5.73 Å². The molecule has 3 N–H and O–H groups in total. The molecule has 0 bridgehead atoms. The van der Waals surface area contributed by atoms with Gasteiger partial charge in [0.05, 0.1) is 0 Å². The van der Waals surface area contributed by atoms with Crippen LogP contribution in [0, 0.1) is 0 Å². The van der Waals surface area contributed by atoms with Gasteiger partial charge in [-0.25, -0.2) is 0 Å². The zero-order valence-electron chi connectivity index (χ0n) is 6.58. The Bertz CT molecular complexity index is 290. The average molecular weight is 178 g/mol. The van der Waals surface area contributed by atoms with Crippen molar-refractivity contribution in [2.75, 3.05) is 5.32 Å². The largest absolute Gasteiger partial charge is 0.376 e. The Labute approximate surface area is 77.1 Å². The standard InChI is InChI=1S/C9H10N2S/c1-2-7-3-5-8(6-4-7)11-9(10)12/h2-6H,1H2,(H3,10,11,12). The van der Waals surface area contributed by atoms with Crippen LogP contribution in [0.5, 0.6) is 0 Å². The van der Waals surface area contributed by atoms with Gasteiger partial charge in [0.1, 0.15) is 0 Å². The molecule has 0 saturated heterocycles. The second-order valence-electron chi connectivity index (χ2n) is 2.32. The van der Waals surface area contributed by atoms with Gasteiger partial charge in [0.25, 0.3) is 0 Å². The van der Waals surface area contributed by atoms with Crippen molar-refractivity contribution < 1.29 is 0 Å². The summed E-state index contributed by atoms with van der Waals surface area (Å²) >= 11 is 4.69. The van der Waals surface area contributed by atoms with Gasteiger partial charge in [-0.2, -0.15) is 0 Å². The van der Waals surface area contributed by atoms with Crippen LogP contribution in [0.2, 0.25) is 0 Å². The third kappa shape index (κ3) is 2.36. The number of hydrogen-bond donors (Lipinski definition) is 2. The molecule has 1 rings (SSSR count). The van der Waals surface area contributed by atoms with Crippen molar-refractivity contribution in [3.63, 3.8) is 0 Å². The minimum absolute atomic E-state index is 0.279. The summed E-state index contributed by atoms with van der Waals surface area (Å²) in [4.78, 5) is 0. The van der Waals surface area contributed by atoms with E-state index in [0.717, 1.165) is 11.3 Å². The van der Waals surface area contributed by atoms with Crippen molar-refractivity contribution in [2.45, 2.75) is 0 Å². The van der Waals surface area contributed by atoms with Crippen LogP contribution in [-0.2, 0) is 0 Å². The van der Waals surface area contributed by atoms with E-state index < -0.39 is 0 Å². The molecule has 62 valence electrons. The lowest BCUT2D eigenvalue weighted by atomic mass is 10.2. The Morgan fingerprint density at radius 3 is 2.42 bits per heavy atom. The molecule has 0 fully saturated rings. The minimum Gasteiger partial charge on any atom is -0.376 e. The van der Waals surface area contributed by atoms with E-state index in [4.69, 9.17) is 5.73 Å². The summed E-state index contributed by atoms with van der Waals surface area (Å²) < 4.78 is 0. The molecule has 0 aliphatic carbocycles. The molecule has 0 spiro atoms. The second kappa shape index (κ2) is 3.88. The van der Waals surface area contributed by atoms with E-state index in [1.165, 1.54) is 0 Å². The van der Waals surface area contributed by atoms with E-state index in [-0.39, 0.29) is 5.11 Å². The fourth-order valence-electron chi connectivity index (χ4n) is 0.845. The van der Waals surface area contributed by atoms with Crippen LogP contribution in [0.3, 0.4) is 0 Å². The van der Waals surface area contributed by atoms with E-state index in [1.54, 1.807) is 6.08 Å². The third-order valence-corrected chi connectivity index (χ3v) is 1.52. The summed E-state index contributed by atoms with van der Waals surface area (Å²) in [5.41, 5.74) is 7.26. The molecule has 1 aromatic carbocycles. The minimum atomic E-state index is 0.279. The quantitative estimate of drug-likeness (QED) is 0.680. The van der Waals surface area contributed by atoms with Gasteiger partial charge in [-0.15, -0.1) is 0 Å². The van der Waals surface area contributed by atoms with Crippen LogP contribution in [0.4, 0.5) is 5.69 Å². The Morgan fingerprint density at radius 1 is 1.42 bits per heavy atom. The van der Waals surface area contributed by atoms with Crippen LogP contribution in [0.25, 0.3) is 6.08 Å². The predicted molar refractivity (Wildman–Crippen MR) is 56.9 cm³/mol. The lowest BCUT2D eigenvalue weighted by Crippen LogP contribution is -2.18. The summed E-state index contributed by atoms with van der Waals surface area (Å²) in [6.07, 6.45) is 1.78. The summed E-state index contributed by atoms with van der Waals surface area (Å²) in [6.45, 7) is 3.65. The smallest absolute Gasteiger partial charge is 0.168 e. The zero-order chi connectivity index (χ0) is 8.97. The molecule has 0 atom stereocenters. The van der Waals surface area contributed by atoms with Gasteiger partial charge >= 0.3 is 0 Å². The highest BCUT2D eigenvalue weighted by Gasteiger charge is 1.91. The van der Waals surface area contributed by atoms with Crippen molar-refractivity contribution in [1.82, 2.24) is 0 Å². The third-order valence-electron chi connectivity index (χ3n) is 1.41. The summed E-state index contributed by atoms with van der Waals surface area (Å²) in [6, 6.07) is 7.67. The van der Waals surface area contributed by atoms with Gasteiger partial charge in [-0.1, -0.05) is 24.8 Å². The Balaban J connectivity index is 2.77. The lowest BCUT2D eigenvalue weighted by Gasteiger charge is -2.02. The SMILES string of the molecule is C=Cc1ccc(NC(N)=S)cc1. The molecule has 0 heterocycles. The van der Waals surface area contributed by atoms with Crippen LogP contribution >= 0.6 is 12.2 Å². The van der Waals surface area contributed by atoms with E-state index in [9.17, 15) is 0 Å². The first kappa shape index (κ1) is 8.74. The number of rotatable bonds is 2. The highest BCUT2D eigenvalue weighted by molar-refractivity contribution is 7.80. The van der Waals surface area contributed by atoms with E-state index in [1.807, 2.05) is 24.3 Å². The maximum Gasteiger partial charge on any atom is 0.168 e. The Morgan fingerprint density at radius 2 is 2.00 bits per heavy atom. The van der Waals surface area contributed by atoms with Crippen molar-refractivity contribution >= 4 is 29.1 Å². The predicted octanol–water partition coefficient (Wildman–Crippen LogP) is 1.99. The van der Waals surface area contributed by atoms with Crippen LogP contribution in [0.15, 0.2) is 30.8 Å². The molecule has 0 aliphatic rings. The van der Waals surface area contributed by atoms with Crippen LogP contribution in [-0.4, -0.2) is 5.11 Å². The first-order valence-corrected chi connectivity index (χ1v) is 3.92. The molecule has 0 amide bonds. The van der Waals surface area contributed by atoms with Crippen molar-refractivity contribution in [3.8, 4) is 0 Å². The normalized spacial score (nSPS) is 9.00. The van der Waals surface area contributed by atoms with E-state index in [2.05, 4.69) is 24.1 Å². The highest BCUT2D eigenvalue weighted by atomic mass is 32.1. The Kier molecular flexibility index (Phi) is 2.82. The second-order valence-corrected chi connectivity index (χ2v) is 2.76. The summed E-state index contributed by atoms with van der Waals surface area (Å²) in [5, 5.41) is 3.11. The number of benzene rings is 1. The number of hydrogen-bond acceptors (Lipinski definition) is 1. The summed E-state index contributed by atoms with van der Waals surface area (Å²) in [7, 11) is 0. The monoisotopic (exact) mass is 178 g/mol. The molecule has 0 aliphatic heterocycles. The van der Waals surface area contributed by atoms with Gasteiger partial charge in [-0.05, 0) is 29.9 Å².